The van der Waals surface area contributed by atoms with Crippen LogP contribution in [0.25, 0.3) is 11.0 Å². The molecule has 1 heterocycles. The van der Waals surface area contributed by atoms with E-state index in [2.05, 4.69) is 0 Å². The summed E-state index contributed by atoms with van der Waals surface area (Å²) in [6.07, 6.45) is 0. The van der Waals surface area contributed by atoms with Gasteiger partial charge < -0.3 is 9.15 Å². The van der Waals surface area contributed by atoms with Gasteiger partial charge in [-0.1, -0.05) is 25.4 Å². The van der Waals surface area contributed by atoms with Crippen molar-refractivity contribution in [1.29, 1.82) is 0 Å². The van der Waals surface area contributed by atoms with Gasteiger partial charge in [0.05, 0.1) is 5.92 Å². The molecule has 1 aromatic carbocycles. The number of rotatable bonds is 3. The monoisotopic (exact) mass is 294 g/mol. The van der Waals surface area contributed by atoms with E-state index in [0.29, 0.717) is 21.6 Å². The van der Waals surface area contributed by atoms with Crippen LogP contribution in [0.15, 0.2) is 27.4 Å². The van der Waals surface area contributed by atoms with Gasteiger partial charge in [0.15, 0.2) is 0 Å². The summed E-state index contributed by atoms with van der Waals surface area (Å²) in [6, 6.07) is 4.74. The molecule has 0 aliphatic rings. The number of benzene rings is 1. The highest BCUT2D eigenvalue weighted by Crippen LogP contribution is 2.25. The molecule has 0 N–H and O–H groups in total. The molecule has 20 heavy (non-hydrogen) atoms. The lowest BCUT2D eigenvalue weighted by Crippen LogP contribution is -2.12. The summed E-state index contributed by atoms with van der Waals surface area (Å²) >= 11 is 6.09. The van der Waals surface area contributed by atoms with Crippen molar-refractivity contribution >= 4 is 28.5 Å². The number of hydrogen-bond acceptors (Lipinski definition) is 4. The van der Waals surface area contributed by atoms with E-state index in [4.69, 9.17) is 20.8 Å². The van der Waals surface area contributed by atoms with Crippen molar-refractivity contribution in [3.63, 3.8) is 0 Å². The van der Waals surface area contributed by atoms with Crippen molar-refractivity contribution in [2.75, 3.05) is 0 Å². The molecular formula is C15H15ClO4. The second-order valence-electron chi connectivity index (χ2n) is 4.95. The van der Waals surface area contributed by atoms with Crippen molar-refractivity contribution in [1.82, 2.24) is 0 Å². The van der Waals surface area contributed by atoms with Gasteiger partial charge in [0.25, 0.3) is 0 Å². The highest BCUT2D eigenvalue weighted by atomic mass is 35.5. The fraction of sp³-hybridized carbons (Fsp3) is 0.333. The molecule has 0 atom stereocenters. The Labute approximate surface area is 121 Å². The van der Waals surface area contributed by atoms with Gasteiger partial charge in [-0.05, 0) is 24.6 Å². The average molecular weight is 295 g/mol. The molecule has 5 heteroatoms. The molecule has 0 aliphatic carbocycles. The number of halogens is 1. The van der Waals surface area contributed by atoms with Crippen LogP contribution in [0.4, 0.5) is 0 Å². The average Bonchev–Trinajstić information content (AvgIpc) is 2.37. The molecule has 1 aromatic heterocycles. The minimum atomic E-state index is -0.477. The highest BCUT2D eigenvalue weighted by Gasteiger charge is 2.12. The van der Waals surface area contributed by atoms with Crippen LogP contribution in [0.5, 0.6) is 0 Å². The number of esters is 1. The van der Waals surface area contributed by atoms with Crippen LogP contribution < -0.4 is 5.63 Å². The summed E-state index contributed by atoms with van der Waals surface area (Å²) in [4.78, 5) is 23.0. The normalized spacial score (nSPS) is 11.1. The van der Waals surface area contributed by atoms with Crippen LogP contribution in [0.2, 0.25) is 5.02 Å². The molecule has 2 rings (SSSR count). The third-order valence-electron chi connectivity index (χ3n) is 2.95. The quantitative estimate of drug-likeness (QED) is 0.642. The van der Waals surface area contributed by atoms with Crippen LogP contribution in [0.1, 0.15) is 25.0 Å². The molecular weight excluding hydrogens is 280 g/mol. The molecule has 0 spiro atoms. The molecule has 106 valence electrons. The van der Waals surface area contributed by atoms with E-state index in [0.717, 1.165) is 5.56 Å². The molecule has 0 unspecified atom stereocenters. The number of ether oxygens (including phenoxy) is 1. The van der Waals surface area contributed by atoms with E-state index in [9.17, 15) is 9.59 Å². The molecule has 0 bridgehead atoms. The highest BCUT2D eigenvalue weighted by molar-refractivity contribution is 6.32. The fourth-order valence-corrected chi connectivity index (χ4v) is 1.95. The standard InChI is InChI=1S/C15H15ClO4/c1-8(2)15(18)19-7-10-5-14(17)20-13-4-9(3)12(16)6-11(10)13/h4-6,8H,7H2,1-3H3. The van der Waals surface area contributed by atoms with Crippen LogP contribution >= 0.6 is 11.6 Å². The number of carbonyl (C=O) groups excluding carboxylic acids is 1. The Kier molecular flexibility index (Phi) is 4.14. The van der Waals surface area contributed by atoms with Gasteiger partial charge in [0.2, 0.25) is 0 Å². The summed E-state index contributed by atoms with van der Waals surface area (Å²) in [7, 11) is 0. The largest absolute Gasteiger partial charge is 0.461 e. The topological polar surface area (TPSA) is 56.5 Å². The summed E-state index contributed by atoms with van der Waals surface area (Å²) < 4.78 is 10.3. The molecule has 0 saturated heterocycles. The van der Waals surface area contributed by atoms with Crippen molar-refractivity contribution in [2.24, 2.45) is 5.92 Å². The lowest BCUT2D eigenvalue weighted by Gasteiger charge is -2.09. The summed E-state index contributed by atoms with van der Waals surface area (Å²) in [5, 5.41) is 1.25. The molecule has 0 fully saturated rings. The maximum absolute atomic E-state index is 11.5. The third kappa shape index (κ3) is 3.02. The van der Waals surface area contributed by atoms with Crippen molar-refractivity contribution in [3.05, 3.63) is 44.8 Å². The van der Waals surface area contributed by atoms with Crippen LogP contribution in [0.3, 0.4) is 0 Å². The van der Waals surface area contributed by atoms with E-state index in [1.165, 1.54) is 6.07 Å². The smallest absolute Gasteiger partial charge is 0.336 e. The first-order valence-electron chi connectivity index (χ1n) is 6.28. The maximum atomic E-state index is 11.5. The minimum absolute atomic E-state index is 0.0263. The van der Waals surface area contributed by atoms with E-state index in [1.807, 2.05) is 6.92 Å². The Hall–Kier alpha value is -1.81. The van der Waals surface area contributed by atoms with E-state index < -0.39 is 5.63 Å². The first-order valence-corrected chi connectivity index (χ1v) is 6.66. The second kappa shape index (κ2) is 5.67. The number of aryl methyl sites for hydroxylation is 1. The minimum Gasteiger partial charge on any atom is -0.461 e. The van der Waals surface area contributed by atoms with E-state index in [1.54, 1.807) is 26.0 Å². The predicted molar refractivity (Wildman–Crippen MR) is 76.9 cm³/mol. The Morgan fingerprint density at radius 1 is 1.35 bits per heavy atom. The first-order chi connectivity index (χ1) is 9.38. The summed E-state index contributed by atoms with van der Waals surface area (Å²) in [5.41, 5.74) is 1.37. The predicted octanol–water partition coefficient (Wildman–Crippen LogP) is 3.45. The van der Waals surface area contributed by atoms with Gasteiger partial charge in [-0.25, -0.2) is 4.79 Å². The lowest BCUT2D eigenvalue weighted by atomic mass is 10.1. The Balaban J connectivity index is 2.44. The summed E-state index contributed by atoms with van der Waals surface area (Å²) in [6.45, 7) is 5.35. The van der Waals surface area contributed by atoms with E-state index in [-0.39, 0.29) is 18.5 Å². The van der Waals surface area contributed by atoms with Crippen molar-refractivity contribution in [3.8, 4) is 0 Å². The Bertz CT molecular complexity index is 716. The van der Waals surface area contributed by atoms with Crippen LogP contribution in [0, 0.1) is 12.8 Å². The molecule has 0 saturated carbocycles. The Morgan fingerprint density at radius 3 is 2.70 bits per heavy atom. The SMILES string of the molecule is Cc1cc2oc(=O)cc(COC(=O)C(C)C)c2cc1Cl. The second-order valence-corrected chi connectivity index (χ2v) is 5.36. The van der Waals surface area contributed by atoms with Gasteiger partial charge in [0, 0.05) is 22.0 Å². The zero-order valence-corrected chi connectivity index (χ0v) is 12.3. The summed E-state index contributed by atoms with van der Waals surface area (Å²) in [5.74, 6) is -0.531. The Morgan fingerprint density at radius 2 is 2.05 bits per heavy atom. The molecule has 0 amide bonds. The molecule has 0 aliphatic heterocycles. The van der Waals surface area contributed by atoms with Gasteiger partial charge in [-0.2, -0.15) is 0 Å². The number of hydrogen-bond donors (Lipinski definition) is 0. The molecule has 2 aromatic rings. The van der Waals surface area contributed by atoms with Gasteiger partial charge >= 0.3 is 11.6 Å². The molecule has 4 nitrogen and oxygen atoms in total. The van der Waals surface area contributed by atoms with Crippen LogP contribution in [-0.2, 0) is 16.1 Å². The number of carbonyl (C=O) groups is 1. The zero-order valence-electron chi connectivity index (χ0n) is 11.5. The maximum Gasteiger partial charge on any atom is 0.336 e. The van der Waals surface area contributed by atoms with Crippen molar-refractivity contribution < 1.29 is 13.9 Å². The van der Waals surface area contributed by atoms with Gasteiger partial charge in [0.1, 0.15) is 12.2 Å². The van der Waals surface area contributed by atoms with E-state index >= 15 is 0 Å². The van der Waals surface area contributed by atoms with Crippen LogP contribution in [-0.4, -0.2) is 5.97 Å². The van der Waals surface area contributed by atoms with Crippen molar-refractivity contribution in [2.45, 2.75) is 27.4 Å². The fourth-order valence-electron chi connectivity index (χ4n) is 1.78. The zero-order chi connectivity index (χ0) is 14.9. The third-order valence-corrected chi connectivity index (χ3v) is 3.36. The number of fused-ring (bicyclic) bond motifs is 1. The first kappa shape index (κ1) is 14.6. The van der Waals surface area contributed by atoms with Gasteiger partial charge in [-0.3, -0.25) is 4.79 Å². The van der Waals surface area contributed by atoms with Gasteiger partial charge in [-0.15, -0.1) is 0 Å². The lowest BCUT2D eigenvalue weighted by molar-refractivity contribution is -0.148. The molecule has 0 radical (unpaired) electrons.